The van der Waals surface area contributed by atoms with Gasteiger partial charge in [0.15, 0.2) is 22.4 Å². The summed E-state index contributed by atoms with van der Waals surface area (Å²) in [5.74, 6) is 1.62. The standard InChI is InChI=1S/C39H32ClN5O5S/c40-29-15-18-33(50-31-16-13-27(14-17-31)36(47)26-8-3-1-4-9-26)32(24-29)41-38(48)28-19-21-44(22-20-28)35(46)25-51-39-43-42-37(34-12-7-23-49-34)45(39)30-10-5-2-6-11-30/h1-18,23-24,28H,19-22,25H2,(H,41,48). The number of para-hydroxylation sites is 1. The van der Waals surface area contributed by atoms with E-state index in [9.17, 15) is 14.4 Å². The van der Waals surface area contributed by atoms with Crippen molar-refractivity contribution in [1.82, 2.24) is 19.7 Å². The fourth-order valence-corrected chi connectivity index (χ4v) is 6.86. The first kappa shape index (κ1) is 33.8. The summed E-state index contributed by atoms with van der Waals surface area (Å²) in [6.07, 6.45) is 2.61. The van der Waals surface area contributed by atoms with Crippen molar-refractivity contribution in [3.63, 3.8) is 0 Å². The van der Waals surface area contributed by atoms with Gasteiger partial charge < -0.3 is 19.4 Å². The number of furan rings is 1. The van der Waals surface area contributed by atoms with Crippen molar-refractivity contribution >= 4 is 46.6 Å². The minimum Gasteiger partial charge on any atom is -0.461 e. The number of halogens is 1. The largest absolute Gasteiger partial charge is 0.461 e. The van der Waals surface area contributed by atoms with Crippen molar-refractivity contribution in [3.05, 3.63) is 138 Å². The number of carbonyl (C=O) groups excluding carboxylic acids is 3. The summed E-state index contributed by atoms with van der Waals surface area (Å²) in [6, 6.07) is 34.2. The predicted octanol–water partition coefficient (Wildman–Crippen LogP) is 8.17. The van der Waals surface area contributed by atoms with Crippen molar-refractivity contribution in [2.45, 2.75) is 18.0 Å². The van der Waals surface area contributed by atoms with Crippen molar-refractivity contribution in [2.24, 2.45) is 5.92 Å². The topological polar surface area (TPSA) is 120 Å². The van der Waals surface area contributed by atoms with Crippen molar-refractivity contribution in [3.8, 4) is 28.8 Å². The second kappa shape index (κ2) is 15.5. The minimum absolute atomic E-state index is 0.0389. The van der Waals surface area contributed by atoms with E-state index in [-0.39, 0.29) is 29.3 Å². The SMILES string of the molecule is O=C(c1ccccc1)c1ccc(Oc2ccc(Cl)cc2NC(=O)C2CCN(C(=O)CSc3nnc(-c4ccco4)n3-c3ccccc3)CC2)cc1. The van der Waals surface area contributed by atoms with E-state index in [1.807, 2.05) is 59.2 Å². The number of piperidine rings is 1. The molecular weight excluding hydrogens is 686 g/mol. The van der Waals surface area contributed by atoms with E-state index in [1.165, 1.54) is 11.8 Å². The van der Waals surface area contributed by atoms with E-state index in [1.54, 1.807) is 71.8 Å². The second-order valence-corrected chi connectivity index (χ2v) is 13.2. The third-order valence-electron chi connectivity index (χ3n) is 8.51. The third kappa shape index (κ3) is 7.90. The molecule has 6 aromatic rings. The van der Waals surface area contributed by atoms with Crippen LogP contribution in [-0.2, 0) is 9.59 Å². The lowest BCUT2D eigenvalue weighted by Gasteiger charge is -2.31. The van der Waals surface area contributed by atoms with Crippen LogP contribution in [0.4, 0.5) is 5.69 Å². The molecule has 1 aliphatic rings. The van der Waals surface area contributed by atoms with Crippen molar-refractivity contribution < 1.29 is 23.5 Å². The highest BCUT2D eigenvalue weighted by Gasteiger charge is 2.29. The van der Waals surface area contributed by atoms with Gasteiger partial charge in [-0.05, 0) is 79.6 Å². The molecule has 0 bridgehead atoms. The Kier molecular flexibility index (Phi) is 10.3. The maximum Gasteiger partial charge on any atom is 0.233 e. The Hall–Kier alpha value is -5.65. The summed E-state index contributed by atoms with van der Waals surface area (Å²) in [5.41, 5.74) is 2.43. The van der Waals surface area contributed by atoms with Crippen LogP contribution in [0.25, 0.3) is 17.3 Å². The Balaban J connectivity index is 0.946. The van der Waals surface area contributed by atoms with Gasteiger partial charge in [0.1, 0.15) is 5.75 Å². The Morgan fingerprint density at radius 2 is 1.55 bits per heavy atom. The zero-order chi connectivity index (χ0) is 35.2. The number of hydrogen-bond donors (Lipinski definition) is 1. The van der Waals surface area contributed by atoms with E-state index in [2.05, 4.69) is 15.5 Å². The molecule has 1 aliphatic heterocycles. The Morgan fingerprint density at radius 1 is 0.843 bits per heavy atom. The van der Waals surface area contributed by atoms with Crippen LogP contribution >= 0.6 is 23.4 Å². The molecule has 0 spiro atoms. The molecule has 7 rings (SSSR count). The number of aromatic nitrogens is 3. The number of ketones is 1. The number of rotatable bonds is 11. The summed E-state index contributed by atoms with van der Waals surface area (Å²) >= 11 is 7.61. The van der Waals surface area contributed by atoms with Crippen LogP contribution in [0.2, 0.25) is 5.02 Å². The van der Waals surface area contributed by atoms with E-state index >= 15 is 0 Å². The number of thioether (sulfide) groups is 1. The molecule has 256 valence electrons. The molecule has 10 nitrogen and oxygen atoms in total. The Morgan fingerprint density at radius 3 is 2.25 bits per heavy atom. The van der Waals surface area contributed by atoms with E-state index in [0.29, 0.717) is 76.0 Å². The lowest BCUT2D eigenvalue weighted by molar-refractivity contribution is -0.132. The van der Waals surface area contributed by atoms with Gasteiger partial charge in [0, 0.05) is 40.8 Å². The lowest BCUT2D eigenvalue weighted by Crippen LogP contribution is -2.42. The molecule has 51 heavy (non-hydrogen) atoms. The van der Waals surface area contributed by atoms with Crippen LogP contribution in [0.15, 0.2) is 131 Å². The molecule has 4 aromatic carbocycles. The van der Waals surface area contributed by atoms with Gasteiger partial charge in [-0.3, -0.25) is 19.0 Å². The molecular formula is C39H32ClN5O5S. The molecule has 0 saturated carbocycles. The molecule has 1 saturated heterocycles. The number of ether oxygens (including phenoxy) is 1. The van der Waals surface area contributed by atoms with Crippen LogP contribution in [-0.4, -0.2) is 56.1 Å². The van der Waals surface area contributed by atoms with Crippen LogP contribution in [0.1, 0.15) is 28.8 Å². The Bertz CT molecular complexity index is 2130. The summed E-state index contributed by atoms with van der Waals surface area (Å²) in [4.78, 5) is 41.3. The highest BCUT2D eigenvalue weighted by molar-refractivity contribution is 7.99. The maximum atomic E-state index is 13.4. The van der Waals surface area contributed by atoms with E-state index < -0.39 is 0 Å². The number of nitrogens with one attached hydrogen (secondary N) is 1. The van der Waals surface area contributed by atoms with Crippen molar-refractivity contribution in [1.29, 1.82) is 0 Å². The zero-order valence-corrected chi connectivity index (χ0v) is 28.8. The average molecular weight is 718 g/mol. The number of nitrogens with zero attached hydrogens (tertiary/aromatic N) is 4. The molecule has 2 aromatic heterocycles. The molecule has 1 N–H and O–H groups in total. The smallest absolute Gasteiger partial charge is 0.233 e. The first-order chi connectivity index (χ1) is 24.9. The van der Waals surface area contributed by atoms with Crippen LogP contribution in [0.3, 0.4) is 0 Å². The van der Waals surface area contributed by atoms with Crippen molar-refractivity contribution in [2.75, 3.05) is 24.2 Å². The maximum absolute atomic E-state index is 13.4. The fraction of sp³-hybridized carbons (Fsp3) is 0.154. The summed E-state index contributed by atoms with van der Waals surface area (Å²) in [6.45, 7) is 0.904. The normalized spacial score (nSPS) is 13.2. The summed E-state index contributed by atoms with van der Waals surface area (Å²) in [7, 11) is 0. The van der Waals surface area contributed by atoms with E-state index in [4.69, 9.17) is 20.8 Å². The van der Waals surface area contributed by atoms with E-state index in [0.717, 1.165) is 5.69 Å². The van der Waals surface area contributed by atoms with Crippen LogP contribution in [0, 0.1) is 5.92 Å². The summed E-state index contributed by atoms with van der Waals surface area (Å²) < 4.78 is 13.6. The second-order valence-electron chi connectivity index (χ2n) is 11.8. The molecule has 0 aliphatic carbocycles. The Labute approximate surface area is 303 Å². The predicted molar refractivity (Wildman–Crippen MR) is 196 cm³/mol. The van der Waals surface area contributed by atoms with Gasteiger partial charge in [-0.2, -0.15) is 0 Å². The number of anilines is 1. The van der Waals surface area contributed by atoms with Gasteiger partial charge in [-0.1, -0.05) is 71.9 Å². The van der Waals surface area contributed by atoms with Gasteiger partial charge in [-0.25, -0.2) is 0 Å². The van der Waals surface area contributed by atoms with Crippen LogP contribution < -0.4 is 10.1 Å². The lowest BCUT2D eigenvalue weighted by atomic mass is 9.95. The summed E-state index contributed by atoms with van der Waals surface area (Å²) in [5, 5.41) is 12.7. The first-order valence-corrected chi connectivity index (χ1v) is 17.7. The number of carbonyl (C=O) groups is 3. The molecule has 0 unspecified atom stereocenters. The molecule has 3 heterocycles. The molecule has 0 atom stereocenters. The quantitative estimate of drug-likeness (QED) is 0.105. The van der Waals surface area contributed by atoms with Gasteiger partial charge in [0.25, 0.3) is 0 Å². The van der Waals surface area contributed by atoms with Crippen LogP contribution in [0.5, 0.6) is 11.5 Å². The molecule has 2 amide bonds. The van der Waals surface area contributed by atoms with Gasteiger partial charge in [-0.15, -0.1) is 10.2 Å². The third-order valence-corrected chi connectivity index (χ3v) is 9.66. The fourth-order valence-electron chi connectivity index (χ4n) is 5.83. The number of amides is 2. The molecule has 0 radical (unpaired) electrons. The molecule has 12 heteroatoms. The minimum atomic E-state index is -0.297. The number of likely N-dealkylation sites (tertiary alicyclic amines) is 1. The average Bonchev–Trinajstić information content (AvgIpc) is 3.86. The highest BCUT2D eigenvalue weighted by Crippen LogP contribution is 2.34. The highest BCUT2D eigenvalue weighted by atomic mass is 35.5. The monoisotopic (exact) mass is 717 g/mol. The van der Waals surface area contributed by atoms with Gasteiger partial charge >= 0.3 is 0 Å². The number of hydrogen-bond acceptors (Lipinski definition) is 8. The van der Waals surface area contributed by atoms with Gasteiger partial charge in [0.05, 0.1) is 17.7 Å². The molecule has 1 fully saturated rings. The zero-order valence-electron chi connectivity index (χ0n) is 27.3. The first-order valence-electron chi connectivity index (χ1n) is 16.4. The van der Waals surface area contributed by atoms with Gasteiger partial charge in [0.2, 0.25) is 17.6 Å². The number of benzene rings is 4.